The van der Waals surface area contributed by atoms with Crippen LogP contribution in [0.2, 0.25) is 0 Å². The number of aromatic nitrogens is 1. The van der Waals surface area contributed by atoms with Gasteiger partial charge in [-0.1, -0.05) is 0 Å². The predicted octanol–water partition coefficient (Wildman–Crippen LogP) is 0.759. The summed E-state index contributed by atoms with van der Waals surface area (Å²) < 4.78 is 4.19. The molecule has 110 valence electrons. The third kappa shape index (κ3) is 2.88. The van der Waals surface area contributed by atoms with Gasteiger partial charge in [-0.05, 0) is 44.4 Å². The van der Waals surface area contributed by atoms with Gasteiger partial charge in [-0.3, -0.25) is 4.79 Å². The number of carbonyl (C=O) groups is 1. The summed E-state index contributed by atoms with van der Waals surface area (Å²) in [5.74, 6) is 0.298. The SMILES string of the molecule is CN1CCCN(c2snc(N)c2C(=O)NC2CC2)CC1. The molecular weight excluding hydrogens is 274 g/mol. The number of likely N-dealkylation sites (N-methyl/N-ethyl adjacent to an activating group) is 1. The first kappa shape index (κ1) is 13.6. The molecule has 2 aliphatic rings. The average Bonchev–Trinajstić information content (AvgIpc) is 3.17. The highest BCUT2D eigenvalue weighted by Crippen LogP contribution is 2.32. The van der Waals surface area contributed by atoms with E-state index in [0.29, 0.717) is 17.4 Å². The maximum atomic E-state index is 12.3. The predicted molar refractivity (Wildman–Crippen MR) is 81.3 cm³/mol. The molecule has 0 atom stereocenters. The lowest BCUT2D eigenvalue weighted by Gasteiger charge is -2.21. The van der Waals surface area contributed by atoms with Crippen molar-refractivity contribution in [2.45, 2.75) is 25.3 Å². The summed E-state index contributed by atoms with van der Waals surface area (Å²) in [7, 11) is 2.13. The molecule has 3 N–H and O–H groups in total. The number of hydrogen-bond donors (Lipinski definition) is 2. The maximum Gasteiger partial charge on any atom is 0.258 e. The van der Waals surface area contributed by atoms with Crippen molar-refractivity contribution in [1.82, 2.24) is 14.6 Å². The highest BCUT2D eigenvalue weighted by atomic mass is 32.1. The smallest absolute Gasteiger partial charge is 0.258 e. The average molecular weight is 295 g/mol. The molecule has 3 rings (SSSR count). The van der Waals surface area contributed by atoms with Gasteiger partial charge < -0.3 is 20.9 Å². The topological polar surface area (TPSA) is 74.5 Å². The molecule has 1 saturated heterocycles. The van der Waals surface area contributed by atoms with Gasteiger partial charge >= 0.3 is 0 Å². The summed E-state index contributed by atoms with van der Waals surface area (Å²) in [4.78, 5) is 16.9. The van der Waals surface area contributed by atoms with Gasteiger partial charge in [0, 0.05) is 25.7 Å². The van der Waals surface area contributed by atoms with Crippen LogP contribution >= 0.6 is 11.5 Å². The molecule has 0 aromatic carbocycles. The van der Waals surface area contributed by atoms with Crippen LogP contribution < -0.4 is 16.0 Å². The number of nitrogens with two attached hydrogens (primary N) is 1. The lowest BCUT2D eigenvalue weighted by Crippen LogP contribution is -2.31. The Kier molecular flexibility index (Phi) is 3.80. The molecule has 2 heterocycles. The molecule has 0 unspecified atom stereocenters. The number of rotatable bonds is 3. The van der Waals surface area contributed by atoms with E-state index in [1.165, 1.54) is 11.5 Å². The van der Waals surface area contributed by atoms with Crippen LogP contribution in [0.4, 0.5) is 10.8 Å². The molecule has 0 bridgehead atoms. The van der Waals surface area contributed by atoms with Crippen molar-refractivity contribution in [3.8, 4) is 0 Å². The van der Waals surface area contributed by atoms with E-state index in [0.717, 1.165) is 50.4 Å². The van der Waals surface area contributed by atoms with Crippen molar-refractivity contribution >= 4 is 28.3 Å². The van der Waals surface area contributed by atoms with E-state index in [1.807, 2.05) is 0 Å². The van der Waals surface area contributed by atoms with Crippen LogP contribution in [0.1, 0.15) is 29.6 Å². The lowest BCUT2D eigenvalue weighted by molar-refractivity contribution is 0.0952. The van der Waals surface area contributed by atoms with Crippen molar-refractivity contribution in [3.05, 3.63) is 5.56 Å². The third-order valence-corrected chi connectivity index (χ3v) is 4.77. The number of amides is 1. The normalized spacial score (nSPS) is 20.8. The Balaban J connectivity index is 1.79. The van der Waals surface area contributed by atoms with Crippen LogP contribution in [0.15, 0.2) is 0 Å². The molecule has 6 nitrogen and oxygen atoms in total. The number of nitrogens with one attached hydrogen (secondary N) is 1. The fourth-order valence-corrected chi connectivity index (χ4v) is 3.32. The minimum atomic E-state index is -0.0636. The molecule has 0 radical (unpaired) electrons. The number of nitrogens with zero attached hydrogens (tertiary/aromatic N) is 3. The maximum absolute atomic E-state index is 12.3. The second-order valence-corrected chi connectivity index (χ2v) is 6.39. The molecule has 1 saturated carbocycles. The van der Waals surface area contributed by atoms with Crippen molar-refractivity contribution in [2.24, 2.45) is 0 Å². The van der Waals surface area contributed by atoms with Crippen LogP contribution in [0.5, 0.6) is 0 Å². The zero-order valence-electron chi connectivity index (χ0n) is 11.8. The van der Waals surface area contributed by atoms with Gasteiger partial charge in [-0.25, -0.2) is 0 Å². The van der Waals surface area contributed by atoms with E-state index < -0.39 is 0 Å². The van der Waals surface area contributed by atoms with Crippen LogP contribution in [-0.4, -0.2) is 54.4 Å². The second kappa shape index (κ2) is 5.57. The van der Waals surface area contributed by atoms with Gasteiger partial charge in [0.1, 0.15) is 10.6 Å². The molecule has 1 aliphatic heterocycles. The summed E-state index contributed by atoms with van der Waals surface area (Å²) in [5, 5.41) is 3.94. The van der Waals surface area contributed by atoms with Gasteiger partial charge in [0.15, 0.2) is 5.82 Å². The van der Waals surface area contributed by atoms with Crippen LogP contribution in [0.3, 0.4) is 0 Å². The highest BCUT2D eigenvalue weighted by molar-refractivity contribution is 7.11. The van der Waals surface area contributed by atoms with Crippen molar-refractivity contribution in [2.75, 3.05) is 43.9 Å². The van der Waals surface area contributed by atoms with Gasteiger partial charge in [0.05, 0.1) is 0 Å². The minimum absolute atomic E-state index is 0.0636. The summed E-state index contributed by atoms with van der Waals surface area (Å²) in [6, 6.07) is 0.338. The van der Waals surface area contributed by atoms with Crippen LogP contribution in [0, 0.1) is 0 Å². The molecule has 1 aromatic rings. The summed E-state index contributed by atoms with van der Waals surface area (Å²) in [5.41, 5.74) is 6.49. The van der Waals surface area contributed by atoms with E-state index in [1.54, 1.807) is 0 Å². The Hall–Kier alpha value is -1.34. The largest absolute Gasteiger partial charge is 0.382 e. The molecular formula is C13H21N5OS. The summed E-state index contributed by atoms with van der Waals surface area (Å²) >= 11 is 1.34. The first-order valence-corrected chi connectivity index (χ1v) is 7.92. The van der Waals surface area contributed by atoms with E-state index in [9.17, 15) is 4.79 Å². The van der Waals surface area contributed by atoms with Gasteiger partial charge in [0.25, 0.3) is 5.91 Å². The third-order valence-electron chi connectivity index (χ3n) is 3.85. The molecule has 0 spiro atoms. The molecule has 1 aromatic heterocycles. The summed E-state index contributed by atoms with van der Waals surface area (Å²) in [6.45, 7) is 3.97. The Morgan fingerprint density at radius 3 is 2.90 bits per heavy atom. The van der Waals surface area contributed by atoms with Gasteiger partial charge in [0.2, 0.25) is 0 Å². The number of anilines is 2. The molecule has 7 heteroatoms. The summed E-state index contributed by atoms with van der Waals surface area (Å²) in [6.07, 6.45) is 3.25. The minimum Gasteiger partial charge on any atom is -0.382 e. The van der Waals surface area contributed by atoms with E-state index in [4.69, 9.17) is 5.73 Å². The van der Waals surface area contributed by atoms with Crippen LogP contribution in [0.25, 0.3) is 0 Å². The quantitative estimate of drug-likeness (QED) is 0.861. The molecule has 1 aliphatic carbocycles. The van der Waals surface area contributed by atoms with E-state index in [2.05, 4.69) is 26.5 Å². The Bertz CT molecular complexity index is 499. The van der Waals surface area contributed by atoms with Crippen molar-refractivity contribution in [3.63, 3.8) is 0 Å². The Labute approximate surface area is 123 Å². The van der Waals surface area contributed by atoms with Crippen LogP contribution in [-0.2, 0) is 0 Å². The second-order valence-electron chi connectivity index (χ2n) is 5.64. The zero-order chi connectivity index (χ0) is 14.1. The number of nitrogen functional groups attached to an aromatic ring is 1. The Morgan fingerprint density at radius 2 is 2.15 bits per heavy atom. The fraction of sp³-hybridized carbons (Fsp3) is 0.692. The van der Waals surface area contributed by atoms with Gasteiger partial charge in [-0.15, -0.1) is 0 Å². The highest BCUT2D eigenvalue weighted by Gasteiger charge is 2.29. The standard InChI is InChI=1S/C13H21N5OS/c1-17-5-2-6-18(8-7-17)13-10(11(14)16-20-13)12(19)15-9-3-4-9/h9H,2-8H2,1H3,(H2,14,16)(H,15,19). The van der Waals surface area contributed by atoms with E-state index >= 15 is 0 Å². The first-order chi connectivity index (χ1) is 9.65. The fourth-order valence-electron chi connectivity index (χ4n) is 2.46. The first-order valence-electron chi connectivity index (χ1n) is 7.14. The monoisotopic (exact) mass is 295 g/mol. The molecule has 2 fully saturated rings. The Morgan fingerprint density at radius 1 is 1.35 bits per heavy atom. The van der Waals surface area contributed by atoms with Crippen molar-refractivity contribution < 1.29 is 4.79 Å². The lowest BCUT2D eigenvalue weighted by atomic mass is 10.2. The van der Waals surface area contributed by atoms with E-state index in [-0.39, 0.29) is 5.91 Å². The zero-order valence-corrected chi connectivity index (χ0v) is 12.6. The molecule has 1 amide bonds. The van der Waals surface area contributed by atoms with Gasteiger partial charge in [-0.2, -0.15) is 4.37 Å². The molecule has 20 heavy (non-hydrogen) atoms. The number of carbonyl (C=O) groups excluding carboxylic acids is 1. The number of hydrogen-bond acceptors (Lipinski definition) is 6. The van der Waals surface area contributed by atoms with Crippen molar-refractivity contribution in [1.29, 1.82) is 0 Å².